The molecule has 1 aromatic heterocycles. The first kappa shape index (κ1) is 12.7. The van der Waals surface area contributed by atoms with E-state index in [0.717, 1.165) is 38.8 Å². The zero-order valence-electron chi connectivity index (χ0n) is 11.3. The van der Waals surface area contributed by atoms with E-state index in [1.165, 1.54) is 12.7 Å². The summed E-state index contributed by atoms with van der Waals surface area (Å²) in [6, 6.07) is 1.63. The molecule has 0 radical (unpaired) electrons. The Kier molecular flexibility index (Phi) is 3.31. The summed E-state index contributed by atoms with van der Waals surface area (Å²) in [6.07, 6.45) is 7.42. The van der Waals surface area contributed by atoms with Gasteiger partial charge in [0.25, 0.3) is 5.91 Å². The molecule has 0 bridgehead atoms. The minimum absolute atomic E-state index is 0.0189. The molecule has 1 saturated carbocycles. The van der Waals surface area contributed by atoms with Gasteiger partial charge in [-0.3, -0.25) is 4.79 Å². The largest absolute Gasteiger partial charge is 0.381 e. The molecule has 2 heterocycles. The van der Waals surface area contributed by atoms with Crippen molar-refractivity contribution in [2.45, 2.75) is 38.2 Å². The topological polar surface area (TPSA) is 55.6 Å². The lowest BCUT2D eigenvalue weighted by Crippen LogP contribution is -2.49. The van der Waals surface area contributed by atoms with Crippen LogP contribution in [0.4, 0.5) is 0 Å². The Morgan fingerprint density at radius 2 is 2.37 bits per heavy atom. The lowest BCUT2D eigenvalue weighted by atomic mass is 9.76. The molecule has 2 fully saturated rings. The molecule has 1 saturated heterocycles. The lowest BCUT2D eigenvalue weighted by Gasteiger charge is -2.43. The Hall–Kier alpha value is -1.36. The highest BCUT2D eigenvalue weighted by Crippen LogP contribution is 2.46. The number of amides is 1. The van der Waals surface area contributed by atoms with Crippen LogP contribution in [0.5, 0.6) is 0 Å². The summed E-state index contributed by atoms with van der Waals surface area (Å²) in [6.45, 7) is 1.60. The van der Waals surface area contributed by atoms with Crippen LogP contribution in [-0.4, -0.2) is 42.3 Å². The molecule has 1 aromatic rings. The fourth-order valence-corrected chi connectivity index (χ4v) is 3.76. The monoisotopic (exact) mass is 264 g/mol. The molecule has 1 amide bonds. The molecule has 2 atom stereocenters. The summed E-state index contributed by atoms with van der Waals surface area (Å²) in [4.78, 5) is 14.3. The van der Waals surface area contributed by atoms with Crippen molar-refractivity contribution >= 4 is 5.91 Å². The molecule has 1 spiro atoms. The van der Waals surface area contributed by atoms with Crippen LogP contribution in [0.15, 0.2) is 16.9 Å². The van der Waals surface area contributed by atoms with E-state index in [0.29, 0.717) is 11.8 Å². The lowest BCUT2D eigenvalue weighted by molar-refractivity contribution is -0.0297. The van der Waals surface area contributed by atoms with Gasteiger partial charge in [-0.25, -0.2) is 0 Å². The quantitative estimate of drug-likeness (QED) is 0.820. The second kappa shape index (κ2) is 4.96. The summed E-state index contributed by atoms with van der Waals surface area (Å²) in [7, 11) is 1.79. The molecule has 0 unspecified atom stereocenters. The van der Waals surface area contributed by atoms with Gasteiger partial charge in [0.15, 0.2) is 5.69 Å². The minimum atomic E-state index is -0.0189. The van der Waals surface area contributed by atoms with Crippen LogP contribution in [0.3, 0.4) is 0 Å². The first-order chi connectivity index (χ1) is 9.25. The van der Waals surface area contributed by atoms with E-state index in [1.807, 2.05) is 4.90 Å². The standard InChI is InChI=1S/C14H20N2O3/c1-18-12-4-2-6-14(12)7-3-8-16(10-14)13(17)11-5-9-19-15-11/h5,9,12H,2-4,6-8,10H2,1H3/t12-,14+/m1/s1. The van der Waals surface area contributed by atoms with E-state index >= 15 is 0 Å². The third-order valence-electron chi connectivity index (χ3n) is 4.66. The highest BCUT2D eigenvalue weighted by atomic mass is 16.5. The van der Waals surface area contributed by atoms with Gasteiger partial charge in [0, 0.05) is 31.7 Å². The number of aromatic nitrogens is 1. The average Bonchev–Trinajstić information content (AvgIpc) is 3.08. The second-order valence-corrected chi connectivity index (χ2v) is 5.69. The van der Waals surface area contributed by atoms with Crippen LogP contribution in [-0.2, 0) is 4.74 Å². The van der Waals surface area contributed by atoms with Crippen LogP contribution in [0, 0.1) is 5.41 Å². The third kappa shape index (κ3) is 2.16. The maximum Gasteiger partial charge on any atom is 0.276 e. The summed E-state index contributed by atoms with van der Waals surface area (Å²) >= 11 is 0. The van der Waals surface area contributed by atoms with Crippen LogP contribution >= 0.6 is 0 Å². The highest BCUT2D eigenvalue weighted by Gasteiger charge is 2.46. The van der Waals surface area contributed by atoms with E-state index < -0.39 is 0 Å². The number of likely N-dealkylation sites (tertiary alicyclic amines) is 1. The number of methoxy groups -OCH3 is 1. The van der Waals surface area contributed by atoms with Gasteiger partial charge < -0.3 is 14.2 Å². The van der Waals surface area contributed by atoms with Gasteiger partial charge in [0.05, 0.1) is 6.10 Å². The molecule has 0 N–H and O–H groups in total. The zero-order chi connectivity index (χ0) is 13.3. The van der Waals surface area contributed by atoms with E-state index in [9.17, 15) is 4.79 Å². The van der Waals surface area contributed by atoms with Gasteiger partial charge >= 0.3 is 0 Å². The molecule has 5 heteroatoms. The first-order valence-electron chi connectivity index (χ1n) is 6.98. The van der Waals surface area contributed by atoms with Gasteiger partial charge in [-0.1, -0.05) is 11.6 Å². The number of hydrogen-bond donors (Lipinski definition) is 0. The molecule has 0 aromatic carbocycles. The summed E-state index contributed by atoms with van der Waals surface area (Å²) < 4.78 is 10.4. The smallest absolute Gasteiger partial charge is 0.276 e. The fourth-order valence-electron chi connectivity index (χ4n) is 3.76. The van der Waals surface area contributed by atoms with Crippen molar-refractivity contribution < 1.29 is 14.1 Å². The number of carbonyl (C=O) groups is 1. The third-order valence-corrected chi connectivity index (χ3v) is 4.66. The van der Waals surface area contributed by atoms with E-state index in [2.05, 4.69) is 5.16 Å². The number of rotatable bonds is 2. The van der Waals surface area contributed by atoms with Crippen LogP contribution in [0.2, 0.25) is 0 Å². The number of piperidine rings is 1. The fraction of sp³-hybridized carbons (Fsp3) is 0.714. The zero-order valence-corrected chi connectivity index (χ0v) is 11.3. The van der Waals surface area contributed by atoms with Gasteiger partial charge in [0.2, 0.25) is 0 Å². The second-order valence-electron chi connectivity index (χ2n) is 5.69. The Morgan fingerprint density at radius 1 is 1.53 bits per heavy atom. The van der Waals surface area contributed by atoms with Crippen molar-refractivity contribution in [2.24, 2.45) is 5.41 Å². The van der Waals surface area contributed by atoms with Gasteiger partial charge in [-0.2, -0.15) is 0 Å². The molecule has 1 aliphatic carbocycles. The van der Waals surface area contributed by atoms with Gasteiger partial charge in [-0.05, 0) is 25.7 Å². The molecule has 2 aliphatic rings. The highest BCUT2D eigenvalue weighted by molar-refractivity contribution is 5.92. The molecule has 5 nitrogen and oxygen atoms in total. The SMILES string of the molecule is CO[C@@H]1CCC[C@@]12CCCN(C(=O)c1ccon1)C2. The number of carbonyl (C=O) groups excluding carboxylic acids is 1. The molecule has 1 aliphatic heterocycles. The van der Waals surface area contributed by atoms with Crippen LogP contribution in [0.1, 0.15) is 42.6 Å². The maximum atomic E-state index is 12.4. The van der Waals surface area contributed by atoms with Crippen molar-refractivity contribution in [3.8, 4) is 0 Å². The summed E-state index contributed by atoms with van der Waals surface area (Å²) in [5.41, 5.74) is 0.566. The molecule has 19 heavy (non-hydrogen) atoms. The predicted octanol–water partition coefficient (Wildman–Crippen LogP) is 2.10. The van der Waals surface area contributed by atoms with Crippen molar-refractivity contribution in [3.63, 3.8) is 0 Å². The Balaban J connectivity index is 1.76. The van der Waals surface area contributed by atoms with Crippen molar-refractivity contribution in [2.75, 3.05) is 20.2 Å². The summed E-state index contributed by atoms with van der Waals surface area (Å²) in [5.74, 6) is -0.0189. The van der Waals surface area contributed by atoms with E-state index in [4.69, 9.17) is 9.26 Å². The number of nitrogens with zero attached hydrogens (tertiary/aromatic N) is 2. The Labute approximate surface area is 112 Å². The Bertz CT molecular complexity index is 446. The number of ether oxygens (including phenoxy) is 1. The van der Waals surface area contributed by atoms with E-state index in [1.54, 1.807) is 13.2 Å². The minimum Gasteiger partial charge on any atom is -0.381 e. The van der Waals surface area contributed by atoms with Crippen molar-refractivity contribution in [1.82, 2.24) is 10.1 Å². The van der Waals surface area contributed by atoms with Crippen LogP contribution in [0.25, 0.3) is 0 Å². The van der Waals surface area contributed by atoms with Crippen LogP contribution < -0.4 is 0 Å². The Morgan fingerprint density at radius 3 is 3.11 bits per heavy atom. The summed E-state index contributed by atoms with van der Waals surface area (Å²) in [5, 5.41) is 3.75. The maximum absolute atomic E-state index is 12.4. The van der Waals surface area contributed by atoms with Gasteiger partial charge in [-0.15, -0.1) is 0 Å². The average molecular weight is 264 g/mol. The predicted molar refractivity (Wildman–Crippen MR) is 68.7 cm³/mol. The van der Waals surface area contributed by atoms with E-state index in [-0.39, 0.29) is 11.3 Å². The normalized spacial score (nSPS) is 31.0. The van der Waals surface area contributed by atoms with Crippen molar-refractivity contribution in [3.05, 3.63) is 18.0 Å². The molecule has 3 rings (SSSR count). The molecular formula is C14H20N2O3. The number of hydrogen-bond acceptors (Lipinski definition) is 4. The molecular weight excluding hydrogens is 244 g/mol. The van der Waals surface area contributed by atoms with Gasteiger partial charge in [0.1, 0.15) is 6.26 Å². The molecule has 104 valence electrons. The van der Waals surface area contributed by atoms with Crippen molar-refractivity contribution in [1.29, 1.82) is 0 Å². The first-order valence-corrected chi connectivity index (χ1v) is 6.98.